The smallest absolute Gasteiger partial charge is 0.248 e. The van der Waals surface area contributed by atoms with Crippen molar-refractivity contribution in [3.8, 4) is 0 Å². The summed E-state index contributed by atoms with van der Waals surface area (Å²) < 4.78 is 39.3. The molecule has 1 heterocycles. The van der Waals surface area contributed by atoms with Gasteiger partial charge in [0.2, 0.25) is 15.9 Å². The van der Waals surface area contributed by atoms with E-state index in [1.54, 1.807) is 6.92 Å². The summed E-state index contributed by atoms with van der Waals surface area (Å²) in [5.41, 5.74) is 1.92. The summed E-state index contributed by atoms with van der Waals surface area (Å²) in [7, 11) is -1.66. The van der Waals surface area contributed by atoms with Crippen LogP contribution in [0.4, 0.5) is 21.5 Å². The van der Waals surface area contributed by atoms with Gasteiger partial charge in [-0.1, -0.05) is 6.92 Å². The number of carbonyl (C=O) groups excluding carboxylic acids is 1. The fraction of sp³-hybridized carbons (Fsp3) is 0.409. The molecule has 1 N–H and O–H groups in total. The largest absolute Gasteiger partial charge is 0.369 e. The number of benzene rings is 2. The highest BCUT2D eigenvalue weighted by molar-refractivity contribution is 7.92. The van der Waals surface area contributed by atoms with Crippen LogP contribution in [0.5, 0.6) is 0 Å². The number of halogens is 1. The quantitative estimate of drug-likeness (QED) is 0.705. The molecule has 2 aromatic carbocycles. The highest BCUT2D eigenvalue weighted by atomic mass is 32.2. The van der Waals surface area contributed by atoms with E-state index in [9.17, 15) is 17.6 Å². The Labute approximate surface area is 183 Å². The molecular formula is C22H29FN4O3S. The molecule has 1 saturated heterocycles. The number of anilines is 3. The predicted octanol–water partition coefficient (Wildman–Crippen LogP) is 2.76. The van der Waals surface area contributed by atoms with E-state index < -0.39 is 27.8 Å². The lowest BCUT2D eigenvalue weighted by Crippen LogP contribution is -2.47. The van der Waals surface area contributed by atoms with Gasteiger partial charge in [-0.25, -0.2) is 12.8 Å². The third kappa shape index (κ3) is 5.74. The van der Waals surface area contributed by atoms with Crippen LogP contribution in [0.15, 0.2) is 48.5 Å². The Morgan fingerprint density at radius 3 is 2.16 bits per heavy atom. The number of carbonyl (C=O) groups is 1. The zero-order chi connectivity index (χ0) is 22.6. The molecule has 9 heteroatoms. The maximum absolute atomic E-state index is 13.3. The van der Waals surface area contributed by atoms with Gasteiger partial charge in [-0.05, 0) is 62.0 Å². The van der Waals surface area contributed by atoms with Gasteiger partial charge in [-0.3, -0.25) is 9.10 Å². The van der Waals surface area contributed by atoms with E-state index in [0.717, 1.165) is 42.4 Å². The third-order valence-corrected chi connectivity index (χ3v) is 6.59. The molecule has 1 unspecified atom stereocenters. The average molecular weight is 449 g/mol. The molecule has 7 nitrogen and oxygen atoms in total. The number of sulfonamides is 1. The zero-order valence-electron chi connectivity index (χ0n) is 18.1. The van der Waals surface area contributed by atoms with Crippen molar-refractivity contribution in [2.75, 3.05) is 54.0 Å². The Morgan fingerprint density at radius 2 is 1.65 bits per heavy atom. The summed E-state index contributed by atoms with van der Waals surface area (Å²) in [5, 5.41) is 2.82. The zero-order valence-corrected chi connectivity index (χ0v) is 18.9. The number of nitrogens with zero attached hydrogens (tertiary/aromatic N) is 3. The molecule has 0 saturated carbocycles. The molecule has 1 aliphatic rings. The number of nitrogens with one attached hydrogen (secondary N) is 1. The van der Waals surface area contributed by atoms with Gasteiger partial charge in [0, 0.05) is 37.6 Å². The number of piperazine rings is 1. The Kier molecular flexibility index (Phi) is 7.17. The Bertz CT molecular complexity index is 988. The van der Waals surface area contributed by atoms with Crippen LogP contribution in [0.1, 0.15) is 13.3 Å². The molecule has 0 aromatic heterocycles. The molecule has 1 aliphatic heterocycles. The second-order valence-electron chi connectivity index (χ2n) is 7.79. The van der Waals surface area contributed by atoms with Crippen LogP contribution in [0.25, 0.3) is 0 Å². The first-order valence-electron chi connectivity index (χ1n) is 10.3. The number of hydrogen-bond donors (Lipinski definition) is 1. The monoisotopic (exact) mass is 448 g/mol. The highest BCUT2D eigenvalue weighted by Gasteiger charge is 2.31. The maximum atomic E-state index is 13.3. The highest BCUT2D eigenvalue weighted by Crippen LogP contribution is 2.24. The first-order chi connectivity index (χ1) is 14.7. The van der Waals surface area contributed by atoms with E-state index >= 15 is 0 Å². The van der Waals surface area contributed by atoms with Gasteiger partial charge >= 0.3 is 0 Å². The first-order valence-corrected chi connectivity index (χ1v) is 12.1. The fourth-order valence-electron chi connectivity index (χ4n) is 3.69. The third-order valence-electron chi connectivity index (χ3n) is 5.41. The summed E-state index contributed by atoms with van der Waals surface area (Å²) in [6.45, 7) is 5.63. The topological polar surface area (TPSA) is 73.0 Å². The van der Waals surface area contributed by atoms with Crippen molar-refractivity contribution in [3.63, 3.8) is 0 Å². The number of amides is 1. The van der Waals surface area contributed by atoms with E-state index in [0.29, 0.717) is 5.69 Å². The van der Waals surface area contributed by atoms with Crippen LogP contribution in [0, 0.1) is 5.82 Å². The molecule has 0 aliphatic carbocycles. The van der Waals surface area contributed by atoms with Crippen LogP contribution in [0.3, 0.4) is 0 Å². The predicted molar refractivity (Wildman–Crippen MR) is 123 cm³/mol. The van der Waals surface area contributed by atoms with E-state index in [-0.39, 0.29) is 12.1 Å². The lowest BCUT2D eigenvalue weighted by atomic mass is 10.1. The van der Waals surface area contributed by atoms with Crippen LogP contribution < -0.4 is 14.5 Å². The maximum Gasteiger partial charge on any atom is 0.248 e. The molecule has 31 heavy (non-hydrogen) atoms. The van der Waals surface area contributed by atoms with Crippen molar-refractivity contribution in [2.45, 2.75) is 19.4 Å². The molecular weight excluding hydrogens is 419 g/mol. The van der Waals surface area contributed by atoms with Gasteiger partial charge in [-0.2, -0.15) is 0 Å². The van der Waals surface area contributed by atoms with Gasteiger partial charge in [0.15, 0.2) is 0 Å². The van der Waals surface area contributed by atoms with Crippen molar-refractivity contribution >= 4 is 33.0 Å². The van der Waals surface area contributed by atoms with Crippen molar-refractivity contribution in [3.05, 3.63) is 54.3 Å². The summed E-state index contributed by atoms with van der Waals surface area (Å²) in [6.07, 6.45) is 1.30. The first kappa shape index (κ1) is 23.0. The van der Waals surface area contributed by atoms with Crippen molar-refractivity contribution in [1.29, 1.82) is 0 Å². The van der Waals surface area contributed by atoms with Crippen LogP contribution >= 0.6 is 0 Å². The van der Waals surface area contributed by atoms with E-state index in [1.807, 2.05) is 24.3 Å². The lowest BCUT2D eigenvalue weighted by Gasteiger charge is -2.34. The summed E-state index contributed by atoms with van der Waals surface area (Å²) in [6, 6.07) is 11.7. The van der Waals surface area contributed by atoms with Crippen LogP contribution in [0.2, 0.25) is 0 Å². The summed E-state index contributed by atoms with van der Waals surface area (Å²) in [5.74, 6) is -0.917. The van der Waals surface area contributed by atoms with Crippen molar-refractivity contribution in [1.82, 2.24) is 4.90 Å². The molecule has 0 bridgehead atoms. The standard InChI is InChI=1S/C22H29FN4O3S/c1-4-21(27(31(3,29)30)20-9-5-17(23)6-10-20)22(28)24-18-7-11-19(12-8-18)26-15-13-25(2)14-16-26/h5-12,21H,4,13-16H2,1-3H3,(H,24,28). The molecule has 0 radical (unpaired) electrons. The summed E-state index contributed by atoms with van der Waals surface area (Å²) in [4.78, 5) is 17.6. The van der Waals surface area contributed by atoms with E-state index in [1.165, 1.54) is 24.3 Å². The molecule has 1 amide bonds. The fourth-order valence-corrected chi connectivity index (χ4v) is 4.91. The Balaban J connectivity index is 1.75. The molecule has 3 rings (SSSR count). The second-order valence-corrected chi connectivity index (χ2v) is 9.65. The molecule has 168 valence electrons. The van der Waals surface area contributed by atoms with Crippen molar-refractivity contribution < 1.29 is 17.6 Å². The van der Waals surface area contributed by atoms with Gasteiger partial charge in [0.1, 0.15) is 11.9 Å². The van der Waals surface area contributed by atoms with Gasteiger partial charge in [0.05, 0.1) is 11.9 Å². The minimum atomic E-state index is -3.77. The molecule has 1 atom stereocenters. The number of likely N-dealkylation sites (N-methyl/N-ethyl adjacent to an activating group) is 1. The van der Waals surface area contributed by atoms with Gasteiger partial charge in [-0.15, -0.1) is 0 Å². The Morgan fingerprint density at radius 1 is 1.06 bits per heavy atom. The van der Waals surface area contributed by atoms with E-state index in [2.05, 4.69) is 22.2 Å². The van der Waals surface area contributed by atoms with E-state index in [4.69, 9.17) is 0 Å². The van der Waals surface area contributed by atoms with Crippen LogP contribution in [-0.2, 0) is 14.8 Å². The van der Waals surface area contributed by atoms with Gasteiger partial charge < -0.3 is 15.1 Å². The SMILES string of the molecule is CCC(C(=O)Nc1ccc(N2CCN(C)CC2)cc1)N(c1ccc(F)cc1)S(C)(=O)=O. The average Bonchev–Trinajstić information content (AvgIpc) is 2.73. The normalized spacial score (nSPS) is 16.1. The summed E-state index contributed by atoms with van der Waals surface area (Å²) >= 11 is 0. The number of hydrogen-bond acceptors (Lipinski definition) is 5. The molecule has 0 spiro atoms. The minimum absolute atomic E-state index is 0.247. The van der Waals surface area contributed by atoms with Gasteiger partial charge in [0.25, 0.3) is 0 Å². The molecule has 2 aromatic rings. The lowest BCUT2D eigenvalue weighted by molar-refractivity contribution is -0.117. The minimum Gasteiger partial charge on any atom is -0.369 e. The molecule has 1 fully saturated rings. The number of rotatable bonds is 7. The second kappa shape index (κ2) is 9.65. The van der Waals surface area contributed by atoms with Crippen molar-refractivity contribution in [2.24, 2.45) is 0 Å². The van der Waals surface area contributed by atoms with Crippen LogP contribution in [-0.4, -0.2) is 64.7 Å². The Hall–Kier alpha value is -2.65.